The van der Waals surface area contributed by atoms with Crippen LogP contribution in [0.25, 0.3) is 0 Å². The molecule has 0 unspecified atom stereocenters. The molecule has 2 rings (SSSR count). The quantitative estimate of drug-likeness (QED) is 0.487. The first-order chi connectivity index (χ1) is 9.47. The van der Waals surface area contributed by atoms with Gasteiger partial charge in [-0.2, -0.15) is 0 Å². The topological polar surface area (TPSA) is 60.2 Å². The number of hydrogen-bond acceptors (Lipinski definition) is 3. The monoisotopic (exact) mass is 273 g/mol. The standard InChI is InChI=1S/C15H12FNO3/c1-10-7-12(5-6-14(10)17(19)20)15(18)9-11-3-2-4-13(16)8-11/h2-8H,9H2,1H3. The Labute approximate surface area is 115 Å². The SMILES string of the molecule is Cc1cc(C(=O)Cc2cccc(F)c2)ccc1[N+](=O)[O-]. The molecule has 20 heavy (non-hydrogen) atoms. The van der Waals surface area contributed by atoms with Crippen LogP contribution in [0.1, 0.15) is 21.5 Å². The molecular weight excluding hydrogens is 261 g/mol. The normalized spacial score (nSPS) is 10.3. The predicted molar refractivity (Wildman–Crippen MR) is 72.3 cm³/mol. The number of hydrogen-bond donors (Lipinski definition) is 0. The van der Waals surface area contributed by atoms with Gasteiger partial charge in [0.1, 0.15) is 5.82 Å². The molecule has 0 aliphatic rings. The van der Waals surface area contributed by atoms with Crippen LogP contribution >= 0.6 is 0 Å². The fourth-order valence-corrected chi connectivity index (χ4v) is 1.97. The second-order valence-electron chi connectivity index (χ2n) is 4.49. The lowest BCUT2D eigenvalue weighted by molar-refractivity contribution is -0.385. The van der Waals surface area contributed by atoms with Gasteiger partial charge in [-0.15, -0.1) is 0 Å². The molecule has 2 aromatic rings. The summed E-state index contributed by atoms with van der Waals surface area (Å²) in [6.45, 7) is 1.58. The lowest BCUT2D eigenvalue weighted by Gasteiger charge is -2.04. The average Bonchev–Trinajstić information content (AvgIpc) is 2.38. The number of carbonyl (C=O) groups is 1. The molecule has 2 aromatic carbocycles. The van der Waals surface area contributed by atoms with Crippen molar-refractivity contribution < 1.29 is 14.1 Å². The minimum absolute atomic E-state index is 0.0210. The van der Waals surface area contributed by atoms with Crippen LogP contribution in [0.4, 0.5) is 10.1 Å². The van der Waals surface area contributed by atoms with Gasteiger partial charge < -0.3 is 0 Å². The van der Waals surface area contributed by atoms with Crippen molar-refractivity contribution in [3.63, 3.8) is 0 Å². The highest BCUT2D eigenvalue weighted by molar-refractivity contribution is 5.97. The van der Waals surface area contributed by atoms with E-state index in [-0.39, 0.29) is 17.9 Å². The average molecular weight is 273 g/mol. The maximum Gasteiger partial charge on any atom is 0.272 e. The molecule has 0 aromatic heterocycles. The number of Topliss-reactive ketones (excluding diaryl/α,β-unsaturated/α-hetero) is 1. The number of carbonyl (C=O) groups excluding carboxylic acids is 1. The van der Waals surface area contributed by atoms with Crippen molar-refractivity contribution >= 4 is 11.5 Å². The Hall–Kier alpha value is -2.56. The molecule has 4 nitrogen and oxygen atoms in total. The fraction of sp³-hybridized carbons (Fsp3) is 0.133. The van der Waals surface area contributed by atoms with Crippen molar-refractivity contribution in [2.45, 2.75) is 13.3 Å². The van der Waals surface area contributed by atoms with Gasteiger partial charge in [0.2, 0.25) is 0 Å². The van der Waals surface area contributed by atoms with Gasteiger partial charge in [0, 0.05) is 23.6 Å². The van der Waals surface area contributed by atoms with Crippen molar-refractivity contribution in [1.29, 1.82) is 0 Å². The zero-order valence-corrected chi connectivity index (χ0v) is 10.8. The van der Waals surface area contributed by atoms with Crippen LogP contribution in [-0.4, -0.2) is 10.7 Å². The van der Waals surface area contributed by atoms with Gasteiger partial charge in [-0.1, -0.05) is 12.1 Å². The molecule has 0 saturated heterocycles. The van der Waals surface area contributed by atoms with Gasteiger partial charge in [-0.25, -0.2) is 4.39 Å². The van der Waals surface area contributed by atoms with Crippen molar-refractivity contribution in [1.82, 2.24) is 0 Å². The summed E-state index contributed by atoms with van der Waals surface area (Å²) >= 11 is 0. The maximum absolute atomic E-state index is 13.0. The second-order valence-corrected chi connectivity index (χ2v) is 4.49. The van der Waals surface area contributed by atoms with E-state index in [4.69, 9.17) is 0 Å². The number of halogens is 1. The molecule has 0 N–H and O–H groups in total. The number of nitro benzene ring substituents is 1. The molecule has 0 atom stereocenters. The first-order valence-corrected chi connectivity index (χ1v) is 6.00. The van der Waals surface area contributed by atoms with Gasteiger partial charge in [0.15, 0.2) is 5.78 Å². The Morgan fingerprint density at radius 3 is 2.60 bits per heavy atom. The van der Waals surface area contributed by atoms with Crippen LogP contribution in [0.15, 0.2) is 42.5 Å². The molecular formula is C15H12FNO3. The third-order valence-electron chi connectivity index (χ3n) is 2.97. The van der Waals surface area contributed by atoms with Crippen LogP contribution in [0.5, 0.6) is 0 Å². The summed E-state index contributed by atoms with van der Waals surface area (Å²) in [6, 6.07) is 10.0. The summed E-state index contributed by atoms with van der Waals surface area (Å²) in [5.41, 5.74) is 1.37. The van der Waals surface area contributed by atoms with E-state index in [1.165, 1.54) is 30.3 Å². The van der Waals surface area contributed by atoms with Crippen LogP contribution in [0.3, 0.4) is 0 Å². The highest BCUT2D eigenvalue weighted by atomic mass is 19.1. The molecule has 0 aliphatic carbocycles. The number of nitro groups is 1. The second kappa shape index (κ2) is 5.61. The lowest BCUT2D eigenvalue weighted by atomic mass is 10.0. The smallest absolute Gasteiger partial charge is 0.272 e. The van der Waals surface area contributed by atoms with Crippen LogP contribution < -0.4 is 0 Å². The summed E-state index contributed by atoms with van der Waals surface area (Å²) in [5.74, 6) is -0.594. The van der Waals surface area contributed by atoms with E-state index < -0.39 is 10.7 Å². The molecule has 0 heterocycles. The van der Waals surface area contributed by atoms with Crippen molar-refractivity contribution in [3.05, 3.63) is 75.1 Å². The van der Waals surface area contributed by atoms with Gasteiger partial charge in [-0.3, -0.25) is 14.9 Å². The summed E-state index contributed by atoms with van der Waals surface area (Å²) in [6.07, 6.45) is 0.0645. The van der Waals surface area contributed by atoms with E-state index in [1.807, 2.05) is 0 Å². The predicted octanol–water partition coefficient (Wildman–Crippen LogP) is 3.47. The summed E-state index contributed by atoms with van der Waals surface area (Å²) in [5, 5.41) is 10.7. The van der Waals surface area contributed by atoms with Crippen molar-refractivity contribution in [2.75, 3.05) is 0 Å². The molecule has 0 amide bonds. The van der Waals surface area contributed by atoms with Crippen LogP contribution in [0, 0.1) is 22.9 Å². The number of ketones is 1. The summed E-state index contributed by atoms with van der Waals surface area (Å²) in [7, 11) is 0. The summed E-state index contributed by atoms with van der Waals surface area (Å²) in [4.78, 5) is 22.3. The van der Waals surface area contributed by atoms with E-state index >= 15 is 0 Å². The van der Waals surface area contributed by atoms with Crippen molar-refractivity contribution in [2.24, 2.45) is 0 Å². The Morgan fingerprint density at radius 1 is 1.25 bits per heavy atom. The lowest BCUT2D eigenvalue weighted by Crippen LogP contribution is -2.05. The largest absolute Gasteiger partial charge is 0.294 e. The van der Waals surface area contributed by atoms with E-state index in [9.17, 15) is 19.3 Å². The van der Waals surface area contributed by atoms with E-state index in [2.05, 4.69) is 0 Å². The Kier molecular flexibility index (Phi) is 3.89. The zero-order valence-electron chi connectivity index (χ0n) is 10.8. The third-order valence-corrected chi connectivity index (χ3v) is 2.97. The van der Waals surface area contributed by atoms with Gasteiger partial charge >= 0.3 is 0 Å². The highest BCUT2D eigenvalue weighted by Crippen LogP contribution is 2.20. The number of nitrogens with zero attached hydrogens (tertiary/aromatic N) is 1. The molecule has 0 aliphatic heterocycles. The van der Waals surface area contributed by atoms with Gasteiger partial charge in [0.25, 0.3) is 5.69 Å². The summed E-state index contributed by atoms with van der Waals surface area (Å²) < 4.78 is 13.0. The van der Waals surface area contributed by atoms with Crippen molar-refractivity contribution in [3.8, 4) is 0 Å². The minimum atomic E-state index is -0.490. The highest BCUT2D eigenvalue weighted by Gasteiger charge is 2.14. The van der Waals surface area contributed by atoms with Crippen LogP contribution in [-0.2, 0) is 6.42 Å². The molecule has 0 saturated carbocycles. The van der Waals surface area contributed by atoms with E-state index in [0.717, 1.165) is 0 Å². The van der Waals surface area contributed by atoms with E-state index in [0.29, 0.717) is 16.7 Å². The number of aryl methyl sites for hydroxylation is 1. The fourth-order valence-electron chi connectivity index (χ4n) is 1.97. The van der Waals surface area contributed by atoms with E-state index in [1.54, 1.807) is 19.1 Å². The van der Waals surface area contributed by atoms with Gasteiger partial charge in [-0.05, 0) is 36.8 Å². The van der Waals surface area contributed by atoms with Crippen LogP contribution in [0.2, 0.25) is 0 Å². The number of benzene rings is 2. The minimum Gasteiger partial charge on any atom is -0.294 e. The first-order valence-electron chi connectivity index (χ1n) is 6.00. The first kappa shape index (κ1) is 13.9. The Bertz CT molecular complexity index is 683. The molecule has 0 spiro atoms. The Balaban J connectivity index is 2.22. The molecule has 0 radical (unpaired) electrons. The molecule has 0 fully saturated rings. The molecule has 5 heteroatoms. The maximum atomic E-state index is 13.0. The Morgan fingerprint density at radius 2 is 2.00 bits per heavy atom. The third kappa shape index (κ3) is 3.06. The van der Waals surface area contributed by atoms with Gasteiger partial charge in [0.05, 0.1) is 4.92 Å². The molecule has 0 bridgehead atoms. The molecule has 102 valence electrons. The zero-order chi connectivity index (χ0) is 14.7. The number of rotatable bonds is 4.